The smallest absolute Gasteiger partial charge is 0.221 e. The van der Waals surface area contributed by atoms with Gasteiger partial charge in [0.15, 0.2) is 0 Å². The van der Waals surface area contributed by atoms with Crippen molar-refractivity contribution in [1.29, 1.82) is 0 Å². The molecule has 0 unspecified atom stereocenters. The molecule has 17 heavy (non-hydrogen) atoms. The molecule has 2 rings (SSSR count). The first-order valence-corrected chi connectivity index (χ1v) is 6.14. The van der Waals surface area contributed by atoms with Crippen LogP contribution in [0.5, 0.6) is 0 Å². The lowest BCUT2D eigenvalue weighted by Crippen LogP contribution is -2.28. The van der Waals surface area contributed by atoms with Crippen LogP contribution in [0.4, 0.5) is 0 Å². The van der Waals surface area contributed by atoms with Crippen LogP contribution in [0.1, 0.15) is 30.5 Å². The number of hydrogen-bond donors (Lipinski definition) is 2. The first-order chi connectivity index (χ1) is 8.16. The predicted molar refractivity (Wildman–Crippen MR) is 65.4 cm³/mol. The maximum absolute atomic E-state index is 11.6. The van der Waals surface area contributed by atoms with Gasteiger partial charge in [-0.15, -0.1) is 0 Å². The Kier molecular flexibility index (Phi) is 3.78. The van der Waals surface area contributed by atoms with E-state index in [1.807, 2.05) is 18.7 Å². The molecule has 2 N–H and O–H groups in total. The third-order valence-corrected chi connectivity index (χ3v) is 3.18. The van der Waals surface area contributed by atoms with E-state index in [4.69, 9.17) is 0 Å². The fraction of sp³-hybridized carbons (Fsp3) is 0.667. The molecule has 0 saturated heterocycles. The van der Waals surface area contributed by atoms with E-state index >= 15 is 0 Å². The summed E-state index contributed by atoms with van der Waals surface area (Å²) in [6.07, 6.45) is 4.88. The van der Waals surface area contributed by atoms with Crippen molar-refractivity contribution < 1.29 is 4.79 Å². The zero-order valence-corrected chi connectivity index (χ0v) is 10.5. The van der Waals surface area contributed by atoms with E-state index in [0.29, 0.717) is 19.0 Å². The van der Waals surface area contributed by atoms with Crippen LogP contribution in [-0.4, -0.2) is 28.3 Å². The van der Waals surface area contributed by atoms with Crippen molar-refractivity contribution >= 4 is 5.91 Å². The molecule has 5 heteroatoms. The maximum atomic E-state index is 11.6. The molecule has 0 aliphatic heterocycles. The number of carbonyl (C=O) groups excluding carboxylic acids is 1. The highest BCUT2D eigenvalue weighted by Gasteiger charge is 2.20. The highest BCUT2D eigenvalue weighted by molar-refractivity contribution is 5.76. The summed E-state index contributed by atoms with van der Waals surface area (Å²) >= 11 is 0. The number of hydrogen-bond acceptors (Lipinski definition) is 3. The summed E-state index contributed by atoms with van der Waals surface area (Å²) in [5.41, 5.74) is 2.18. The molecule has 1 aromatic rings. The van der Waals surface area contributed by atoms with Crippen LogP contribution in [-0.2, 0) is 18.4 Å². The van der Waals surface area contributed by atoms with Crippen LogP contribution in [0, 0.1) is 6.92 Å². The van der Waals surface area contributed by atoms with Gasteiger partial charge in [-0.1, -0.05) is 0 Å². The van der Waals surface area contributed by atoms with Crippen LogP contribution >= 0.6 is 0 Å². The van der Waals surface area contributed by atoms with E-state index in [1.54, 1.807) is 6.20 Å². The molecule has 1 aromatic heterocycles. The van der Waals surface area contributed by atoms with Gasteiger partial charge >= 0.3 is 0 Å². The van der Waals surface area contributed by atoms with Gasteiger partial charge in [-0.3, -0.25) is 9.48 Å². The summed E-state index contributed by atoms with van der Waals surface area (Å²) in [4.78, 5) is 11.6. The van der Waals surface area contributed by atoms with E-state index in [-0.39, 0.29) is 5.91 Å². The summed E-state index contributed by atoms with van der Waals surface area (Å²) in [5.74, 6) is 0.0985. The van der Waals surface area contributed by atoms with Gasteiger partial charge in [0.05, 0.1) is 6.20 Å². The molecule has 94 valence electrons. The SMILES string of the molecule is Cc1c(CNC(=O)CCNC2CC2)cnn1C. The van der Waals surface area contributed by atoms with E-state index in [9.17, 15) is 4.79 Å². The Labute approximate surface area is 102 Å². The lowest BCUT2D eigenvalue weighted by molar-refractivity contribution is -0.121. The summed E-state index contributed by atoms with van der Waals surface area (Å²) < 4.78 is 1.82. The normalized spacial score (nSPS) is 14.9. The Hall–Kier alpha value is -1.36. The van der Waals surface area contributed by atoms with Crippen molar-refractivity contribution in [1.82, 2.24) is 20.4 Å². The van der Waals surface area contributed by atoms with E-state index < -0.39 is 0 Å². The number of aryl methyl sites for hydroxylation is 1. The minimum absolute atomic E-state index is 0.0985. The van der Waals surface area contributed by atoms with Crippen LogP contribution < -0.4 is 10.6 Å². The van der Waals surface area contributed by atoms with Gasteiger partial charge in [-0.2, -0.15) is 5.10 Å². The minimum atomic E-state index is 0.0985. The molecule has 1 saturated carbocycles. The number of nitrogens with one attached hydrogen (secondary N) is 2. The molecule has 1 aliphatic carbocycles. The van der Waals surface area contributed by atoms with Crippen molar-refractivity contribution in [3.63, 3.8) is 0 Å². The zero-order chi connectivity index (χ0) is 12.3. The number of amides is 1. The number of nitrogens with zero attached hydrogens (tertiary/aromatic N) is 2. The molecule has 5 nitrogen and oxygen atoms in total. The summed E-state index contributed by atoms with van der Waals surface area (Å²) in [5, 5.41) is 10.4. The van der Waals surface area contributed by atoms with E-state index in [0.717, 1.165) is 17.8 Å². The first-order valence-electron chi connectivity index (χ1n) is 6.14. The third kappa shape index (κ3) is 3.56. The summed E-state index contributed by atoms with van der Waals surface area (Å²) in [6, 6.07) is 0.670. The average Bonchev–Trinajstić information content (AvgIpc) is 3.06. The van der Waals surface area contributed by atoms with E-state index in [2.05, 4.69) is 15.7 Å². The van der Waals surface area contributed by atoms with Gasteiger partial charge in [0.1, 0.15) is 0 Å². The molecule has 0 radical (unpaired) electrons. The Morgan fingerprint density at radius 1 is 1.59 bits per heavy atom. The Bertz CT molecular complexity index is 395. The molecule has 0 atom stereocenters. The zero-order valence-electron chi connectivity index (χ0n) is 10.5. The summed E-state index contributed by atoms with van der Waals surface area (Å²) in [6.45, 7) is 3.35. The second-order valence-electron chi connectivity index (χ2n) is 4.63. The van der Waals surface area contributed by atoms with Crippen molar-refractivity contribution in [3.8, 4) is 0 Å². The molecule has 1 fully saturated rings. The minimum Gasteiger partial charge on any atom is -0.352 e. The highest BCUT2D eigenvalue weighted by Crippen LogP contribution is 2.18. The van der Waals surface area contributed by atoms with Crippen LogP contribution in [0.3, 0.4) is 0 Å². The van der Waals surface area contributed by atoms with Gasteiger partial charge < -0.3 is 10.6 Å². The van der Waals surface area contributed by atoms with Gasteiger partial charge in [0, 0.05) is 43.9 Å². The van der Waals surface area contributed by atoms with Gasteiger partial charge in [0.25, 0.3) is 0 Å². The largest absolute Gasteiger partial charge is 0.352 e. The lowest BCUT2D eigenvalue weighted by atomic mass is 10.2. The standard InChI is InChI=1S/C12H20N4O/c1-9-10(8-15-16(9)2)7-14-12(17)5-6-13-11-3-4-11/h8,11,13H,3-7H2,1-2H3,(H,14,17). The Morgan fingerprint density at radius 2 is 2.35 bits per heavy atom. The molecule has 0 aromatic carbocycles. The molecule has 1 amide bonds. The number of rotatable bonds is 6. The van der Waals surface area contributed by atoms with Crippen molar-refractivity contribution in [2.24, 2.45) is 7.05 Å². The summed E-state index contributed by atoms with van der Waals surface area (Å²) in [7, 11) is 1.90. The third-order valence-electron chi connectivity index (χ3n) is 3.18. The highest BCUT2D eigenvalue weighted by atomic mass is 16.1. The molecular weight excluding hydrogens is 216 g/mol. The molecule has 0 spiro atoms. The van der Waals surface area contributed by atoms with Crippen LogP contribution in [0.25, 0.3) is 0 Å². The second-order valence-corrected chi connectivity index (χ2v) is 4.63. The Balaban J connectivity index is 1.66. The molecule has 1 aliphatic rings. The average molecular weight is 236 g/mol. The van der Waals surface area contributed by atoms with Crippen molar-refractivity contribution in [2.75, 3.05) is 6.54 Å². The second kappa shape index (κ2) is 5.31. The lowest BCUT2D eigenvalue weighted by Gasteiger charge is -2.05. The van der Waals surface area contributed by atoms with E-state index in [1.165, 1.54) is 12.8 Å². The monoisotopic (exact) mass is 236 g/mol. The first kappa shape index (κ1) is 12.1. The fourth-order valence-electron chi connectivity index (χ4n) is 1.68. The van der Waals surface area contributed by atoms with Crippen LogP contribution in [0.15, 0.2) is 6.20 Å². The van der Waals surface area contributed by atoms with Crippen LogP contribution in [0.2, 0.25) is 0 Å². The van der Waals surface area contributed by atoms with Crippen molar-refractivity contribution in [3.05, 3.63) is 17.5 Å². The molecule has 1 heterocycles. The number of carbonyl (C=O) groups is 1. The fourth-order valence-corrected chi connectivity index (χ4v) is 1.68. The topological polar surface area (TPSA) is 59.0 Å². The number of aromatic nitrogens is 2. The molecule has 0 bridgehead atoms. The van der Waals surface area contributed by atoms with Gasteiger partial charge in [0.2, 0.25) is 5.91 Å². The Morgan fingerprint density at radius 3 is 2.94 bits per heavy atom. The quantitative estimate of drug-likeness (QED) is 0.755. The predicted octanol–water partition coefficient (Wildman–Crippen LogP) is 0.487. The van der Waals surface area contributed by atoms with Gasteiger partial charge in [-0.05, 0) is 19.8 Å². The van der Waals surface area contributed by atoms with Gasteiger partial charge in [-0.25, -0.2) is 0 Å². The molecular formula is C12H20N4O. The maximum Gasteiger partial charge on any atom is 0.221 e. The van der Waals surface area contributed by atoms with Crippen molar-refractivity contribution in [2.45, 2.75) is 38.8 Å².